The van der Waals surface area contributed by atoms with E-state index in [-0.39, 0.29) is 24.2 Å². The van der Waals surface area contributed by atoms with E-state index in [1.54, 1.807) is 31.6 Å². The topological polar surface area (TPSA) is 104 Å². The molecule has 9 nitrogen and oxygen atoms in total. The van der Waals surface area contributed by atoms with Gasteiger partial charge in [-0.3, -0.25) is 14.9 Å². The van der Waals surface area contributed by atoms with E-state index in [0.29, 0.717) is 23.7 Å². The summed E-state index contributed by atoms with van der Waals surface area (Å²) in [5, 5.41) is 18.8. The first-order valence-electron chi connectivity index (χ1n) is 10.0. The normalized spacial score (nSPS) is 15.2. The Kier molecular flexibility index (Phi) is 6.55. The van der Waals surface area contributed by atoms with Gasteiger partial charge in [0, 0.05) is 18.6 Å². The van der Waals surface area contributed by atoms with Crippen LogP contribution in [0.15, 0.2) is 65.1 Å². The lowest BCUT2D eigenvalue weighted by Crippen LogP contribution is -2.31. The molecule has 0 N–H and O–H groups in total. The Balaban J connectivity index is 1.56. The Hall–Kier alpha value is -3.92. The highest BCUT2D eigenvalue weighted by molar-refractivity contribution is 7.12. The van der Waals surface area contributed by atoms with Gasteiger partial charge < -0.3 is 14.2 Å². The molecule has 0 spiro atoms. The molecule has 0 fully saturated rings. The minimum absolute atomic E-state index is 0.0491. The molecule has 170 valence electrons. The van der Waals surface area contributed by atoms with E-state index in [0.717, 1.165) is 16.2 Å². The first-order valence-corrected chi connectivity index (χ1v) is 10.9. The zero-order chi connectivity index (χ0) is 23.4. The molecule has 1 aliphatic heterocycles. The van der Waals surface area contributed by atoms with Crippen molar-refractivity contribution >= 4 is 28.6 Å². The maximum absolute atomic E-state index is 13.1. The number of amides is 1. The molecule has 0 saturated heterocycles. The second-order valence-electron chi connectivity index (χ2n) is 7.14. The smallest absolute Gasteiger partial charge is 0.281 e. The van der Waals surface area contributed by atoms with Gasteiger partial charge in [-0.2, -0.15) is 5.10 Å². The highest BCUT2D eigenvalue weighted by atomic mass is 32.1. The fraction of sp³-hybridized carbons (Fsp3) is 0.217. The van der Waals surface area contributed by atoms with Gasteiger partial charge in [0.15, 0.2) is 18.1 Å². The summed E-state index contributed by atoms with van der Waals surface area (Å²) in [7, 11) is 3.13. The minimum Gasteiger partial charge on any atom is -0.493 e. The molecule has 1 amide bonds. The fourth-order valence-electron chi connectivity index (χ4n) is 3.53. The summed E-state index contributed by atoms with van der Waals surface area (Å²) in [6, 6.07) is 14.7. The molecule has 33 heavy (non-hydrogen) atoms. The largest absolute Gasteiger partial charge is 0.493 e. The highest BCUT2D eigenvalue weighted by Crippen LogP contribution is 2.38. The van der Waals surface area contributed by atoms with Gasteiger partial charge >= 0.3 is 0 Å². The van der Waals surface area contributed by atoms with E-state index < -0.39 is 4.92 Å². The maximum Gasteiger partial charge on any atom is 0.281 e. The number of methoxy groups -OCH3 is 2. The highest BCUT2D eigenvalue weighted by Gasteiger charge is 2.34. The molecular formula is C23H21N3O6S. The van der Waals surface area contributed by atoms with E-state index >= 15 is 0 Å². The molecule has 0 bridgehead atoms. The number of non-ortho nitro benzene ring substituents is 1. The zero-order valence-electron chi connectivity index (χ0n) is 18.0. The van der Waals surface area contributed by atoms with Crippen molar-refractivity contribution in [3.05, 3.63) is 80.5 Å². The number of rotatable bonds is 8. The van der Waals surface area contributed by atoms with E-state index in [1.807, 2.05) is 29.6 Å². The van der Waals surface area contributed by atoms with Gasteiger partial charge in [0.1, 0.15) is 5.75 Å². The average Bonchev–Trinajstić information content (AvgIpc) is 3.52. The van der Waals surface area contributed by atoms with Crippen molar-refractivity contribution in [1.29, 1.82) is 0 Å². The van der Waals surface area contributed by atoms with Gasteiger partial charge in [-0.25, -0.2) is 5.01 Å². The summed E-state index contributed by atoms with van der Waals surface area (Å²) < 4.78 is 16.3. The number of hydrazone groups is 1. The van der Waals surface area contributed by atoms with Crippen molar-refractivity contribution < 1.29 is 23.9 Å². The molecule has 2 aromatic carbocycles. The SMILES string of the molecule is COc1ccc(C2CC(c3cccs3)=NN2C(=O)COc2ccc([N+](=O)[O-])cc2)cc1OC. The molecule has 1 aromatic heterocycles. The number of nitro benzene ring substituents is 1. The third-order valence-corrected chi connectivity index (χ3v) is 6.09. The number of carbonyl (C=O) groups is 1. The van der Waals surface area contributed by atoms with Crippen LogP contribution >= 0.6 is 11.3 Å². The molecule has 3 aromatic rings. The summed E-state index contributed by atoms with van der Waals surface area (Å²) in [5.74, 6) is 1.19. The average molecular weight is 468 g/mol. The molecule has 0 aliphatic carbocycles. The number of hydrogen-bond acceptors (Lipinski definition) is 8. The van der Waals surface area contributed by atoms with Gasteiger partial charge in [-0.15, -0.1) is 11.3 Å². The molecule has 1 unspecified atom stereocenters. The van der Waals surface area contributed by atoms with Crippen LogP contribution in [0.25, 0.3) is 0 Å². The summed E-state index contributed by atoms with van der Waals surface area (Å²) in [4.78, 5) is 24.4. The Morgan fingerprint density at radius 1 is 1.15 bits per heavy atom. The van der Waals surface area contributed by atoms with E-state index in [1.165, 1.54) is 29.3 Å². The Morgan fingerprint density at radius 2 is 1.91 bits per heavy atom. The molecule has 2 heterocycles. The van der Waals surface area contributed by atoms with Crippen molar-refractivity contribution in [2.24, 2.45) is 5.10 Å². The maximum atomic E-state index is 13.1. The van der Waals surface area contributed by atoms with E-state index in [9.17, 15) is 14.9 Å². The molecular weight excluding hydrogens is 446 g/mol. The second-order valence-corrected chi connectivity index (χ2v) is 8.08. The van der Waals surface area contributed by atoms with Crippen molar-refractivity contribution in [1.82, 2.24) is 5.01 Å². The Labute approximate surface area is 194 Å². The summed E-state index contributed by atoms with van der Waals surface area (Å²) in [6.45, 7) is -0.261. The van der Waals surface area contributed by atoms with Gasteiger partial charge in [0.05, 0.1) is 35.8 Å². The van der Waals surface area contributed by atoms with Crippen LogP contribution in [-0.4, -0.2) is 42.4 Å². The van der Waals surface area contributed by atoms with Crippen LogP contribution in [0.1, 0.15) is 22.9 Å². The van der Waals surface area contributed by atoms with Gasteiger partial charge in [-0.1, -0.05) is 12.1 Å². The Morgan fingerprint density at radius 3 is 2.55 bits per heavy atom. The Bertz CT molecular complexity index is 1180. The monoisotopic (exact) mass is 467 g/mol. The van der Waals surface area contributed by atoms with Crippen LogP contribution in [0, 0.1) is 10.1 Å². The first kappa shape index (κ1) is 22.3. The van der Waals surface area contributed by atoms with Crippen LogP contribution in [0.4, 0.5) is 5.69 Å². The summed E-state index contributed by atoms with van der Waals surface area (Å²) in [6.07, 6.45) is 0.541. The number of hydrogen-bond donors (Lipinski definition) is 0. The number of thiophene rings is 1. The van der Waals surface area contributed by atoms with Gasteiger partial charge in [-0.05, 0) is 41.3 Å². The number of nitro groups is 1. The molecule has 1 aliphatic rings. The lowest BCUT2D eigenvalue weighted by molar-refractivity contribution is -0.384. The van der Waals surface area contributed by atoms with Gasteiger partial charge in [0.2, 0.25) is 0 Å². The number of nitrogens with zero attached hydrogens (tertiary/aromatic N) is 3. The summed E-state index contributed by atoms with van der Waals surface area (Å²) in [5.41, 5.74) is 1.62. The lowest BCUT2D eigenvalue weighted by atomic mass is 10.0. The quantitative estimate of drug-likeness (QED) is 0.359. The van der Waals surface area contributed by atoms with Crippen LogP contribution < -0.4 is 14.2 Å². The number of ether oxygens (including phenoxy) is 3. The third-order valence-electron chi connectivity index (χ3n) is 5.17. The van der Waals surface area contributed by atoms with Crippen LogP contribution in [0.3, 0.4) is 0 Å². The van der Waals surface area contributed by atoms with E-state index in [4.69, 9.17) is 14.2 Å². The van der Waals surface area contributed by atoms with Crippen molar-refractivity contribution in [2.45, 2.75) is 12.5 Å². The van der Waals surface area contributed by atoms with Crippen molar-refractivity contribution in [3.8, 4) is 17.2 Å². The second kappa shape index (κ2) is 9.70. The standard InChI is InChI=1S/C23H21N3O6S/c1-30-20-10-5-15(12-21(20)31-2)19-13-18(22-4-3-11-33-22)24-25(19)23(27)14-32-17-8-6-16(7-9-17)26(28)29/h3-12,19H,13-14H2,1-2H3. The van der Waals surface area contributed by atoms with Crippen molar-refractivity contribution in [2.75, 3.05) is 20.8 Å². The predicted molar refractivity (Wildman–Crippen MR) is 123 cm³/mol. The predicted octanol–water partition coefficient (Wildman–Crippen LogP) is 4.43. The molecule has 0 radical (unpaired) electrons. The van der Waals surface area contributed by atoms with Crippen LogP contribution in [-0.2, 0) is 4.79 Å². The molecule has 1 atom stereocenters. The molecule has 0 saturated carbocycles. The van der Waals surface area contributed by atoms with Crippen LogP contribution in [0.5, 0.6) is 17.2 Å². The van der Waals surface area contributed by atoms with Crippen LogP contribution in [0.2, 0.25) is 0 Å². The molecule has 10 heteroatoms. The first-order chi connectivity index (χ1) is 16.0. The molecule has 4 rings (SSSR count). The number of carbonyl (C=O) groups excluding carboxylic acids is 1. The lowest BCUT2D eigenvalue weighted by Gasteiger charge is -2.23. The third kappa shape index (κ3) is 4.80. The van der Waals surface area contributed by atoms with E-state index in [2.05, 4.69) is 5.10 Å². The van der Waals surface area contributed by atoms with Crippen molar-refractivity contribution in [3.63, 3.8) is 0 Å². The minimum atomic E-state index is -0.492. The zero-order valence-corrected chi connectivity index (χ0v) is 18.8. The fourth-order valence-corrected chi connectivity index (χ4v) is 4.25. The number of benzene rings is 2. The summed E-state index contributed by atoms with van der Waals surface area (Å²) >= 11 is 1.56. The van der Waals surface area contributed by atoms with Gasteiger partial charge in [0.25, 0.3) is 11.6 Å².